The average Bonchev–Trinajstić information content (AvgIpc) is 3.54. The summed E-state index contributed by atoms with van der Waals surface area (Å²) in [4.78, 5) is 8.97. The molecule has 0 saturated carbocycles. The first kappa shape index (κ1) is 22.2. The zero-order valence-corrected chi connectivity index (χ0v) is 19.2. The molecule has 6 heterocycles. The smallest absolute Gasteiger partial charge is 0.377 e. The topological polar surface area (TPSA) is 98.9 Å². The summed E-state index contributed by atoms with van der Waals surface area (Å²) >= 11 is 0. The Hall–Kier alpha value is -3.33. The van der Waals surface area contributed by atoms with Crippen LogP contribution < -0.4 is 9.80 Å². The monoisotopic (exact) mass is 486 g/mol. The Labute approximate surface area is 199 Å². The molecule has 4 atom stereocenters. The van der Waals surface area contributed by atoms with Gasteiger partial charge in [0.1, 0.15) is 5.82 Å². The molecule has 2 unspecified atom stereocenters. The number of nitriles is 1. The fourth-order valence-electron chi connectivity index (χ4n) is 5.83. The maximum atomic E-state index is 14.3. The Kier molecular flexibility index (Phi) is 5.14. The fraction of sp³-hybridized carbons (Fsp3) is 0.565. The summed E-state index contributed by atoms with van der Waals surface area (Å²) in [7, 11) is 0. The molecule has 184 valence electrons. The van der Waals surface area contributed by atoms with E-state index < -0.39 is 11.9 Å². The quantitative estimate of drug-likeness (QED) is 0.603. The number of morpholine rings is 1. The van der Waals surface area contributed by atoms with Gasteiger partial charge in [-0.3, -0.25) is 5.10 Å². The number of nitrogens with one attached hydrogen (secondary N) is 1. The van der Waals surface area contributed by atoms with Crippen LogP contribution in [0.2, 0.25) is 0 Å². The number of halogens is 3. The maximum Gasteiger partial charge on any atom is 0.435 e. The van der Waals surface area contributed by atoms with E-state index in [4.69, 9.17) is 9.72 Å². The lowest BCUT2D eigenvalue weighted by Gasteiger charge is -2.39. The Bertz CT molecular complexity index is 1260. The first-order chi connectivity index (χ1) is 16.8. The molecule has 0 aromatic carbocycles. The summed E-state index contributed by atoms with van der Waals surface area (Å²) in [5.74, 6) is 0.831. The SMILES string of the molecule is C[C@@H]1C[C@H](C#N)CCN1c1cc(N2C3CCC2COC3)nc2c1c(C(F)(F)F)nn2-c1ccn[nH]1. The molecule has 3 aliphatic rings. The molecule has 0 aliphatic carbocycles. The van der Waals surface area contributed by atoms with E-state index in [1.54, 1.807) is 12.1 Å². The van der Waals surface area contributed by atoms with Crippen molar-refractivity contribution in [2.75, 3.05) is 29.6 Å². The predicted octanol–water partition coefficient (Wildman–Crippen LogP) is 3.66. The Morgan fingerprint density at radius 2 is 1.97 bits per heavy atom. The number of piperidine rings is 1. The summed E-state index contributed by atoms with van der Waals surface area (Å²) in [6, 6.07) is 5.84. The standard InChI is InChI=1S/C23H25F3N8O/c1-13-8-14(10-27)5-7-32(13)17-9-19(33-15-2-3-16(33)12-35-11-15)29-22-20(17)21(23(24,25)26)31-34(22)18-4-6-28-30-18/h4,6,9,13-16H,2-3,5,7-8,11-12H2,1H3,(H,28,30)/t13-,14-,15?,16?/m1/s1. The van der Waals surface area contributed by atoms with Gasteiger partial charge in [0.05, 0.1) is 48.6 Å². The van der Waals surface area contributed by atoms with Gasteiger partial charge in [-0.15, -0.1) is 0 Å². The van der Waals surface area contributed by atoms with Gasteiger partial charge in [-0.25, -0.2) is 4.98 Å². The highest BCUT2D eigenvalue weighted by atomic mass is 19.4. The van der Waals surface area contributed by atoms with Crippen LogP contribution in [0.5, 0.6) is 0 Å². The maximum absolute atomic E-state index is 14.3. The normalized spacial score (nSPS) is 26.9. The second kappa shape index (κ2) is 8.12. The molecule has 35 heavy (non-hydrogen) atoms. The first-order valence-electron chi connectivity index (χ1n) is 11.9. The lowest BCUT2D eigenvalue weighted by Crippen LogP contribution is -2.46. The van der Waals surface area contributed by atoms with Crippen LogP contribution in [-0.2, 0) is 10.9 Å². The molecular formula is C23H25F3N8O. The number of rotatable bonds is 3. The lowest BCUT2D eigenvalue weighted by atomic mass is 9.92. The Morgan fingerprint density at radius 3 is 2.60 bits per heavy atom. The molecule has 9 nitrogen and oxygen atoms in total. The van der Waals surface area contributed by atoms with Gasteiger partial charge in [0, 0.05) is 30.6 Å². The number of hydrogen-bond donors (Lipinski definition) is 1. The highest BCUT2D eigenvalue weighted by Crippen LogP contribution is 2.44. The number of nitrogens with zero attached hydrogens (tertiary/aromatic N) is 7. The van der Waals surface area contributed by atoms with Crippen LogP contribution in [0.4, 0.5) is 24.7 Å². The second-order valence-electron chi connectivity index (χ2n) is 9.62. The van der Waals surface area contributed by atoms with Crippen molar-refractivity contribution in [2.24, 2.45) is 5.92 Å². The van der Waals surface area contributed by atoms with Crippen LogP contribution in [0.25, 0.3) is 16.9 Å². The molecule has 3 fully saturated rings. The molecule has 2 bridgehead atoms. The van der Waals surface area contributed by atoms with Crippen molar-refractivity contribution in [1.82, 2.24) is 25.0 Å². The minimum absolute atomic E-state index is 0.0290. The predicted molar refractivity (Wildman–Crippen MR) is 121 cm³/mol. The van der Waals surface area contributed by atoms with Crippen LogP contribution in [0, 0.1) is 17.2 Å². The second-order valence-corrected chi connectivity index (χ2v) is 9.62. The first-order valence-corrected chi connectivity index (χ1v) is 11.9. The molecule has 1 N–H and O–H groups in total. The van der Waals surface area contributed by atoms with Crippen molar-refractivity contribution in [2.45, 2.75) is 56.9 Å². The van der Waals surface area contributed by atoms with Gasteiger partial charge in [0.25, 0.3) is 0 Å². The van der Waals surface area contributed by atoms with Gasteiger partial charge >= 0.3 is 6.18 Å². The number of pyridine rings is 1. The molecule has 6 rings (SSSR count). The number of anilines is 2. The van der Waals surface area contributed by atoms with Gasteiger partial charge in [0.2, 0.25) is 0 Å². The summed E-state index contributed by atoms with van der Waals surface area (Å²) < 4.78 is 49.8. The summed E-state index contributed by atoms with van der Waals surface area (Å²) in [5, 5.41) is 20.0. The van der Waals surface area contributed by atoms with Gasteiger partial charge in [-0.1, -0.05) is 0 Å². The third-order valence-corrected chi connectivity index (χ3v) is 7.46. The summed E-state index contributed by atoms with van der Waals surface area (Å²) in [6.45, 7) is 3.59. The minimum Gasteiger partial charge on any atom is -0.377 e. The molecular weight excluding hydrogens is 461 g/mol. The Morgan fingerprint density at radius 1 is 1.20 bits per heavy atom. The number of aromatic nitrogens is 5. The van der Waals surface area contributed by atoms with Crippen molar-refractivity contribution in [3.8, 4) is 11.9 Å². The van der Waals surface area contributed by atoms with Crippen LogP contribution in [-0.4, -0.2) is 62.8 Å². The zero-order chi connectivity index (χ0) is 24.3. The van der Waals surface area contributed by atoms with E-state index in [-0.39, 0.29) is 35.1 Å². The molecule has 12 heteroatoms. The zero-order valence-electron chi connectivity index (χ0n) is 19.2. The average molecular weight is 487 g/mol. The number of H-pyrrole nitrogens is 1. The molecule has 0 radical (unpaired) electrons. The van der Waals surface area contributed by atoms with E-state index in [9.17, 15) is 18.4 Å². The lowest BCUT2D eigenvalue weighted by molar-refractivity contribution is -0.140. The number of alkyl halides is 3. The number of aromatic amines is 1. The molecule has 3 aromatic rings. The molecule has 0 spiro atoms. The number of hydrogen-bond acceptors (Lipinski definition) is 7. The van der Waals surface area contributed by atoms with E-state index in [0.717, 1.165) is 12.8 Å². The van der Waals surface area contributed by atoms with Crippen molar-refractivity contribution >= 4 is 22.5 Å². The molecule has 3 aromatic heterocycles. The van der Waals surface area contributed by atoms with E-state index in [0.29, 0.717) is 49.9 Å². The van der Waals surface area contributed by atoms with Crippen molar-refractivity contribution < 1.29 is 17.9 Å². The van der Waals surface area contributed by atoms with Crippen LogP contribution in [0.3, 0.4) is 0 Å². The number of ether oxygens (including phenoxy) is 1. The third kappa shape index (κ3) is 3.60. The van der Waals surface area contributed by atoms with E-state index in [1.165, 1.54) is 10.9 Å². The van der Waals surface area contributed by atoms with Crippen LogP contribution in [0.1, 0.15) is 38.3 Å². The van der Waals surface area contributed by atoms with Gasteiger partial charge in [-0.05, 0) is 32.6 Å². The molecule has 0 amide bonds. The van der Waals surface area contributed by atoms with Crippen molar-refractivity contribution in [3.05, 3.63) is 24.0 Å². The molecule has 3 aliphatic heterocycles. The fourth-order valence-corrected chi connectivity index (χ4v) is 5.83. The van der Waals surface area contributed by atoms with E-state index in [1.807, 2.05) is 11.8 Å². The molecule has 3 saturated heterocycles. The van der Waals surface area contributed by atoms with Crippen LogP contribution >= 0.6 is 0 Å². The van der Waals surface area contributed by atoms with Crippen molar-refractivity contribution in [1.29, 1.82) is 5.26 Å². The van der Waals surface area contributed by atoms with Gasteiger partial charge < -0.3 is 14.5 Å². The van der Waals surface area contributed by atoms with Gasteiger partial charge in [-0.2, -0.15) is 33.3 Å². The highest BCUT2D eigenvalue weighted by Gasteiger charge is 2.43. The summed E-state index contributed by atoms with van der Waals surface area (Å²) in [5.41, 5.74) is -0.386. The largest absolute Gasteiger partial charge is 0.435 e. The van der Waals surface area contributed by atoms with Gasteiger partial charge in [0.15, 0.2) is 17.2 Å². The van der Waals surface area contributed by atoms with E-state index in [2.05, 4.69) is 26.3 Å². The van der Waals surface area contributed by atoms with E-state index >= 15 is 0 Å². The number of fused-ring (bicyclic) bond motifs is 3. The van der Waals surface area contributed by atoms with Crippen LogP contribution in [0.15, 0.2) is 18.3 Å². The minimum atomic E-state index is -4.67. The highest BCUT2D eigenvalue weighted by molar-refractivity contribution is 5.95. The Balaban J connectivity index is 1.60. The summed E-state index contributed by atoms with van der Waals surface area (Å²) in [6.07, 6.45) is -0.104. The third-order valence-electron chi connectivity index (χ3n) is 7.46. The van der Waals surface area contributed by atoms with Crippen molar-refractivity contribution in [3.63, 3.8) is 0 Å².